The van der Waals surface area contributed by atoms with Gasteiger partial charge in [-0.15, -0.1) is 0 Å². The van der Waals surface area contributed by atoms with E-state index >= 15 is 0 Å². The lowest BCUT2D eigenvalue weighted by Crippen LogP contribution is -1.97. The number of hydrogen-bond donors (Lipinski definition) is 1. The van der Waals surface area contributed by atoms with Crippen LogP contribution in [0, 0.1) is 23.0 Å². The van der Waals surface area contributed by atoms with Crippen molar-refractivity contribution in [1.29, 1.82) is 5.26 Å². The Morgan fingerprint density at radius 3 is 2.53 bits per heavy atom. The fourth-order valence-corrected chi connectivity index (χ4v) is 1.97. The van der Waals surface area contributed by atoms with Gasteiger partial charge in [0.1, 0.15) is 17.7 Å². The average molecular weight is 344 g/mol. The van der Waals surface area contributed by atoms with E-state index in [1.54, 1.807) is 6.07 Å². The quantitative estimate of drug-likeness (QED) is 0.779. The van der Waals surface area contributed by atoms with Gasteiger partial charge in [0.05, 0.1) is 21.4 Å². The molecule has 96 valence electrons. The van der Waals surface area contributed by atoms with Crippen molar-refractivity contribution >= 4 is 38.9 Å². The smallest absolute Gasteiger partial charge is 0.147 e. The van der Waals surface area contributed by atoms with E-state index in [0.29, 0.717) is 10.7 Å². The maximum absolute atomic E-state index is 13.7. The van der Waals surface area contributed by atoms with Crippen LogP contribution in [0.5, 0.6) is 0 Å². The monoisotopic (exact) mass is 342 g/mol. The van der Waals surface area contributed by atoms with Crippen LogP contribution < -0.4 is 5.32 Å². The second-order valence-corrected chi connectivity index (χ2v) is 4.96. The van der Waals surface area contributed by atoms with Crippen LogP contribution in [0.4, 0.5) is 20.2 Å². The third-order valence-corrected chi connectivity index (χ3v) is 3.22. The largest absolute Gasteiger partial charge is 0.352 e. The summed E-state index contributed by atoms with van der Waals surface area (Å²) >= 11 is 8.70. The van der Waals surface area contributed by atoms with Gasteiger partial charge in [-0.05, 0) is 40.2 Å². The Kier molecular flexibility index (Phi) is 4.03. The Hall–Kier alpha value is -1.64. The summed E-state index contributed by atoms with van der Waals surface area (Å²) in [6.45, 7) is 0. The van der Waals surface area contributed by atoms with Gasteiger partial charge in [-0.1, -0.05) is 11.6 Å². The normalized spacial score (nSPS) is 10.1. The molecule has 0 spiro atoms. The molecule has 0 saturated heterocycles. The molecule has 19 heavy (non-hydrogen) atoms. The number of nitrogens with one attached hydrogen (secondary N) is 1. The van der Waals surface area contributed by atoms with Crippen LogP contribution in [-0.4, -0.2) is 0 Å². The van der Waals surface area contributed by atoms with Gasteiger partial charge in [-0.2, -0.15) is 5.26 Å². The Morgan fingerprint density at radius 2 is 1.84 bits per heavy atom. The molecule has 0 aliphatic carbocycles. The molecule has 0 radical (unpaired) electrons. The highest BCUT2D eigenvalue weighted by atomic mass is 79.9. The second kappa shape index (κ2) is 5.55. The van der Waals surface area contributed by atoms with Crippen molar-refractivity contribution in [3.8, 4) is 6.07 Å². The van der Waals surface area contributed by atoms with E-state index in [4.69, 9.17) is 16.9 Å². The van der Waals surface area contributed by atoms with E-state index in [9.17, 15) is 8.78 Å². The lowest BCUT2D eigenvalue weighted by atomic mass is 10.2. The minimum atomic E-state index is -0.642. The van der Waals surface area contributed by atoms with E-state index in [1.807, 2.05) is 6.07 Å². The molecule has 0 unspecified atom stereocenters. The van der Waals surface area contributed by atoms with Gasteiger partial charge in [0, 0.05) is 11.1 Å². The minimum absolute atomic E-state index is 0.0298. The molecule has 2 aromatic carbocycles. The minimum Gasteiger partial charge on any atom is -0.352 e. The molecule has 0 aromatic heterocycles. The summed E-state index contributed by atoms with van der Waals surface area (Å²) in [4.78, 5) is 0. The van der Waals surface area contributed by atoms with Gasteiger partial charge in [0.15, 0.2) is 0 Å². The predicted octanol–water partition coefficient (Wildman–Crippen LogP) is 5.00. The highest BCUT2D eigenvalue weighted by Gasteiger charge is 2.10. The van der Waals surface area contributed by atoms with Crippen LogP contribution >= 0.6 is 27.5 Å². The first-order valence-corrected chi connectivity index (χ1v) is 6.29. The Morgan fingerprint density at radius 1 is 1.11 bits per heavy atom. The number of hydrogen-bond acceptors (Lipinski definition) is 2. The van der Waals surface area contributed by atoms with Crippen molar-refractivity contribution in [3.05, 3.63) is 57.0 Å². The van der Waals surface area contributed by atoms with Gasteiger partial charge >= 0.3 is 0 Å². The predicted molar refractivity (Wildman–Crippen MR) is 73.5 cm³/mol. The molecular formula is C13H6BrClF2N2. The van der Waals surface area contributed by atoms with Gasteiger partial charge in [-0.3, -0.25) is 0 Å². The van der Waals surface area contributed by atoms with Crippen LogP contribution in [0.15, 0.2) is 34.8 Å². The second-order valence-electron chi connectivity index (χ2n) is 3.67. The lowest BCUT2D eigenvalue weighted by Gasteiger charge is -2.10. The molecule has 0 aliphatic heterocycles. The zero-order valence-corrected chi connectivity index (χ0v) is 11.7. The SMILES string of the molecule is N#Cc1ccc(Cl)cc1Nc1cc(F)c(Br)cc1F. The summed E-state index contributed by atoms with van der Waals surface area (Å²) in [7, 11) is 0. The van der Waals surface area contributed by atoms with Crippen LogP contribution in [-0.2, 0) is 0 Å². The summed E-state index contributed by atoms with van der Waals surface area (Å²) in [5.74, 6) is -1.25. The topological polar surface area (TPSA) is 35.8 Å². The molecule has 2 nitrogen and oxygen atoms in total. The summed E-state index contributed by atoms with van der Waals surface area (Å²) in [6.07, 6.45) is 0. The van der Waals surface area contributed by atoms with Crippen molar-refractivity contribution in [3.63, 3.8) is 0 Å². The number of nitrogens with zero attached hydrogens (tertiary/aromatic N) is 1. The molecule has 0 aliphatic rings. The maximum atomic E-state index is 13.7. The molecular weight excluding hydrogens is 338 g/mol. The molecule has 0 atom stereocenters. The third-order valence-electron chi connectivity index (χ3n) is 2.38. The van der Waals surface area contributed by atoms with Crippen LogP contribution in [0.1, 0.15) is 5.56 Å². The summed E-state index contributed by atoms with van der Waals surface area (Å²) in [5.41, 5.74) is 0.530. The first-order valence-electron chi connectivity index (χ1n) is 5.12. The van der Waals surface area contributed by atoms with Crippen LogP contribution in [0.25, 0.3) is 0 Å². The van der Waals surface area contributed by atoms with Gasteiger partial charge in [-0.25, -0.2) is 8.78 Å². The number of benzene rings is 2. The van der Waals surface area contributed by atoms with Gasteiger partial charge in [0.25, 0.3) is 0 Å². The van der Waals surface area contributed by atoms with Crippen LogP contribution in [0.2, 0.25) is 5.02 Å². The van der Waals surface area contributed by atoms with Crippen molar-refractivity contribution in [1.82, 2.24) is 0 Å². The van der Waals surface area contributed by atoms with Crippen LogP contribution in [0.3, 0.4) is 0 Å². The zero-order valence-electron chi connectivity index (χ0n) is 9.35. The highest BCUT2D eigenvalue weighted by molar-refractivity contribution is 9.10. The van der Waals surface area contributed by atoms with E-state index in [1.165, 1.54) is 12.1 Å². The summed E-state index contributed by atoms with van der Waals surface area (Å²) in [5, 5.41) is 12.0. The fraction of sp³-hybridized carbons (Fsp3) is 0. The standard InChI is InChI=1S/C13H6BrClF2N2/c14-9-4-11(17)13(5-10(9)16)19-12-3-8(15)2-1-7(12)6-18/h1-5,19H. The fourth-order valence-electron chi connectivity index (χ4n) is 1.48. The molecule has 0 bridgehead atoms. The summed E-state index contributed by atoms with van der Waals surface area (Å²) < 4.78 is 27.1. The highest BCUT2D eigenvalue weighted by Crippen LogP contribution is 2.28. The van der Waals surface area contributed by atoms with E-state index in [-0.39, 0.29) is 15.7 Å². The van der Waals surface area contributed by atoms with Gasteiger partial charge in [0.2, 0.25) is 0 Å². The van der Waals surface area contributed by atoms with E-state index < -0.39 is 11.6 Å². The first kappa shape index (κ1) is 13.8. The number of nitriles is 1. The van der Waals surface area contributed by atoms with Gasteiger partial charge < -0.3 is 5.32 Å². The molecule has 1 N–H and O–H groups in total. The van der Waals surface area contributed by atoms with Crippen molar-refractivity contribution in [2.75, 3.05) is 5.32 Å². The Balaban J connectivity index is 2.45. The Labute approximate surface area is 121 Å². The Bertz CT molecular complexity index is 683. The number of halogens is 4. The van der Waals surface area contributed by atoms with Crippen molar-refractivity contribution in [2.45, 2.75) is 0 Å². The first-order chi connectivity index (χ1) is 9.01. The average Bonchev–Trinajstić information content (AvgIpc) is 2.36. The molecule has 0 amide bonds. The third kappa shape index (κ3) is 3.03. The zero-order chi connectivity index (χ0) is 14.0. The number of rotatable bonds is 2. The van der Waals surface area contributed by atoms with Crippen molar-refractivity contribution in [2.24, 2.45) is 0 Å². The van der Waals surface area contributed by atoms with Crippen molar-refractivity contribution < 1.29 is 8.78 Å². The number of anilines is 2. The molecule has 2 rings (SSSR count). The molecule has 0 fully saturated rings. The molecule has 6 heteroatoms. The van der Waals surface area contributed by atoms with E-state index in [2.05, 4.69) is 21.2 Å². The molecule has 0 heterocycles. The molecule has 2 aromatic rings. The lowest BCUT2D eigenvalue weighted by molar-refractivity contribution is 0.598. The maximum Gasteiger partial charge on any atom is 0.147 e. The van der Waals surface area contributed by atoms with E-state index in [0.717, 1.165) is 12.1 Å². The molecule has 0 saturated carbocycles. The summed E-state index contributed by atoms with van der Waals surface area (Å²) in [6, 6.07) is 8.47.